The maximum Gasteiger partial charge on any atom is 0.0540 e. The van der Waals surface area contributed by atoms with Crippen molar-refractivity contribution in [3.63, 3.8) is 0 Å². The molecule has 0 bridgehead atoms. The third-order valence-electron chi connectivity index (χ3n) is 4.43. The fourth-order valence-electron chi connectivity index (χ4n) is 2.86. The van der Waals surface area contributed by atoms with Gasteiger partial charge in [0.25, 0.3) is 0 Å². The standard InChI is InChI=1S/C19H40O/c1-4-6-14-18(3)15-12-10-8-9-11-13-17-19(20)16-7-5-2/h18-20H,4-17H2,1-3H3. The molecule has 1 heteroatoms. The van der Waals surface area contributed by atoms with Crippen molar-refractivity contribution in [2.75, 3.05) is 0 Å². The number of aliphatic hydroxyl groups excluding tert-OH is 1. The van der Waals surface area contributed by atoms with Crippen molar-refractivity contribution in [3.8, 4) is 0 Å². The second-order valence-electron chi connectivity index (χ2n) is 6.74. The number of hydrogen-bond acceptors (Lipinski definition) is 1. The van der Waals surface area contributed by atoms with Crippen LogP contribution in [0.1, 0.15) is 111 Å². The van der Waals surface area contributed by atoms with Crippen molar-refractivity contribution >= 4 is 0 Å². The highest BCUT2D eigenvalue weighted by molar-refractivity contribution is 4.57. The highest BCUT2D eigenvalue weighted by Gasteiger charge is 2.03. The molecule has 0 spiro atoms. The van der Waals surface area contributed by atoms with Crippen molar-refractivity contribution in [1.82, 2.24) is 0 Å². The van der Waals surface area contributed by atoms with Crippen LogP contribution in [-0.4, -0.2) is 11.2 Å². The number of rotatable bonds is 15. The van der Waals surface area contributed by atoms with Crippen LogP contribution in [0.4, 0.5) is 0 Å². The topological polar surface area (TPSA) is 20.2 Å². The number of hydrogen-bond donors (Lipinski definition) is 1. The molecule has 0 heterocycles. The highest BCUT2D eigenvalue weighted by atomic mass is 16.3. The van der Waals surface area contributed by atoms with Gasteiger partial charge in [0.1, 0.15) is 0 Å². The van der Waals surface area contributed by atoms with E-state index >= 15 is 0 Å². The molecular weight excluding hydrogens is 244 g/mol. The average Bonchev–Trinajstić information content (AvgIpc) is 2.45. The van der Waals surface area contributed by atoms with E-state index in [-0.39, 0.29) is 6.10 Å². The lowest BCUT2D eigenvalue weighted by Crippen LogP contribution is -2.05. The monoisotopic (exact) mass is 284 g/mol. The molecule has 0 aliphatic heterocycles. The molecule has 0 saturated carbocycles. The molecule has 0 saturated heterocycles. The molecule has 0 aliphatic rings. The fraction of sp³-hybridized carbons (Fsp3) is 1.00. The van der Waals surface area contributed by atoms with E-state index in [2.05, 4.69) is 20.8 Å². The first kappa shape index (κ1) is 20.0. The first-order chi connectivity index (χ1) is 9.70. The summed E-state index contributed by atoms with van der Waals surface area (Å²) < 4.78 is 0. The predicted molar refractivity (Wildman–Crippen MR) is 91.2 cm³/mol. The van der Waals surface area contributed by atoms with Crippen molar-refractivity contribution in [2.45, 2.75) is 117 Å². The average molecular weight is 285 g/mol. The van der Waals surface area contributed by atoms with Crippen LogP contribution in [0.3, 0.4) is 0 Å². The zero-order valence-corrected chi connectivity index (χ0v) is 14.5. The van der Waals surface area contributed by atoms with Crippen LogP contribution in [0.5, 0.6) is 0 Å². The van der Waals surface area contributed by atoms with Crippen LogP contribution >= 0.6 is 0 Å². The van der Waals surface area contributed by atoms with E-state index in [0.29, 0.717) is 0 Å². The van der Waals surface area contributed by atoms with E-state index in [1.807, 2.05) is 0 Å². The molecular formula is C19H40O. The summed E-state index contributed by atoms with van der Waals surface area (Å²) in [6, 6.07) is 0. The van der Waals surface area contributed by atoms with Gasteiger partial charge >= 0.3 is 0 Å². The second kappa shape index (κ2) is 15.4. The van der Waals surface area contributed by atoms with Crippen LogP contribution in [-0.2, 0) is 0 Å². The lowest BCUT2D eigenvalue weighted by Gasteiger charge is -2.10. The van der Waals surface area contributed by atoms with Gasteiger partial charge < -0.3 is 5.11 Å². The van der Waals surface area contributed by atoms with Gasteiger partial charge in [-0.2, -0.15) is 0 Å². The Kier molecular flexibility index (Phi) is 15.3. The van der Waals surface area contributed by atoms with Crippen molar-refractivity contribution in [3.05, 3.63) is 0 Å². The maximum absolute atomic E-state index is 9.75. The Morgan fingerprint density at radius 2 is 1.00 bits per heavy atom. The Bertz CT molecular complexity index is 159. The van der Waals surface area contributed by atoms with E-state index in [1.165, 1.54) is 77.0 Å². The quantitative estimate of drug-likeness (QED) is 0.341. The molecule has 0 aromatic carbocycles. The number of unbranched alkanes of at least 4 members (excludes halogenated alkanes) is 7. The van der Waals surface area contributed by atoms with E-state index < -0.39 is 0 Å². The fourth-order valence-corrected chi connectivity index (χ4v) is 2.86. The Labute approximate surface area is 128 Å². The SMILES string of the molecule is CCCCC(C)CCCCCCCCC(O)CCCC. The maximum atomic E-state index is 9.75. The Morgan fingerprint density at radius 3 is 1.60 bits per heavy atom. The normalized spacial score (nSPS) is 14.4. The molecule has 2 atom stereocenters. The summed E-state index contributed by atoms with van der Waals surface area (Å²) in [4.78, 5) is 0. The summed E-state index contributed by atoms with van der Waals surface area (Å²) in [5, 5.41) is 9.75. The van der Waals surface area contributed by atoms with Crippen LogP contribution in [0.15, 0.2) is 0 Å². The largest absolute Gasteiger partial charge is 0.393 e. The summed E-state index contributed by atoms with van der Waals surface area (Å²) in [5.41, 5.74) is 0. The lowest BCUT2D eigenvalue weighted by molar-refractivity contribution is 0.148. The minimum atomic E-state index is -0.0330. The van der Waals surface area contributed by atoms with Gasteiger partial charge in [-0.1, -0.05) is 97.8 Å². The minimum Gasteiger partial charge on any atom is -0.393 e. The molecule has 0 aromatic heterocycles. The molecule has 0 amide bonds. The zero-order valence-electron chi connectivity index (χ0n) is 14.5. The smallest absolute Gasteiger partial charge is 0.0540 e. The van der Waals surface area contributed by atoms with E-state index in [9.17, 15) is 5.11 Å². The van der Waals surface area contributed by atoms with Crippen LogP contribution in [0.25, 0.3) is 0 Å². The molecule has 20 heavy (non-hydrogen) atoms. The molecule has 0 aromatic rings. The van der Waals surface area contributed by atoms with Crippen LogP contribution < -0.4 is 0 Å². The molecule has 0 radical (unpaired) electrons. The van der Waals surface area contributed by atoms with Crippen LogP contribution in [0, 0.1) is 5.92 Å². The molecule has 0 rings (SSSR count). The van der Waals surface area contributed by atoms with Gasteiger partial charge in [-0.3, -0.25) is 0 Å². The molecule has 2 unspecified atom stereocenters. The summed E-state index contributed by atoms with van der Waals surface area (Å²) in [6.45, 7) is 6.88. The molecule has 1 N–H and O–H groups in total. The summed E-state index contributed by atoms with van der Waals surface area (Å²) in [7, 11) is 0. The van der Waals surface area contributed by atoms with E-state index in [0.717, 1.165) is 18.8 Å². The lowest BCUT2D eigenvalue weighted by atomic mass is 9.97. The van der Waals surface area contributed by atoms with Gasteiger partial charge in [0.2, 0.25) is 0 Å². The second-order valence-corrected chi connectivity index (χ2v) is 6.74. The van der Waals surface area contributed by atoms with Crippen molar-refractivity contribution < 1.29 is 5.11 Å². The molecule has 0 aliphatic carbocycles. The minimum absolute atomic E-state index is 0.0330. The first-order valence-electron chi connectivity index (χ1n) is 9.38. The molecule has 0 fully saturated rings. The van der Waals surface area contributed by atoms with Crippen LogP contribution in [0.2, 0.25) is 0 Å². The Morgan fingerprint density at radius 1 is 0.600 bits per heavy atom. The zero-order chi connectivity index (χ0) is 15.1. The van der Waals surface area contributed by atoms with E-state index in [4.69, 9.17) is 0 Å². The van der Waals surface area contributed by atoms with Crippen molar-refractivity contribution in [2.24, 2.45) is 5.92 Å². The van der Waals surface area contributed by atoms with Gasteiger partial charge in [-0.15, -0.1) is 0 Å². The van der Waals surface area contributed by atoms with Crippen molar-refractivity contribution in [1.29, 1.82) is 0 Å². The van der Waals surface area contributed by atoms with Gasteiger partial charge in [0, 0.05) is 0 Å². The molecule has 1 nitrogen and oxygen atoms in total. The molecule has 122 valence electrons. The van der Waals surface area contributed by atoms with E-state index in [1.54, 1.807) is 0 Å². The Hall–Kier alpha value is -0.0400. The van der Waals surface area contributed by atoms with Gasteiger partial charge in [-0.25, -0.2) is 0 Å². The third-order valence-corrected chi connectivity index (χ3v) is 4.43. The first-order valence-corrected chi connectivity index (χ1v) is 9.38. The predicted octanol–water partition coefficient (Wildman–Crippen LogP) is 6.48. The summed E-state index contributed by atoms with van der Waals surface area (Å²) in [5.74, 6) is 0.934. The Balaban J connectivity index is 3.16. The van der Waals surface area contributed by atoms with Gasteiger partial charge in [0.05, 0.1) is 6.10 Å². The number of aliphatic hydroxyl groups is 1. The van der Waals surface area contributed by atoms with Gasteiger partial charge in [0.15, 0.2) is 0 Å². The third kappa shape index (κ3) is 14.4. The highest BCUT2D eigenvalue weighted by Crippen LogP contribution is 2.17. The summed E-state index contributed by atoms with van der Waals surface area (Å²) >= 11 is 0. The van der Waals surface area contributed by atoms with Gasteiger partial charge in [-0.05, 0) is 18.8 Å². The summed E-state index contributed by atoms with van der Waals surface area (Å²) in [6.07, 6.45) is 18.1.